The van der Waals surface area contributed by atoms with Crippen LogP contribution in [0, 0.1) is 5.82 Å². The first-order chi connectivity index (χ1) is 9.16. The molecule has 3 nitrogen and oxygen atoms in total. The zero-order chi connectivity index (χ0) is 13.7. The minimum atomic E-state index is -0.146. The van der Waals surface area contributed by atoms with Gasteiger partial charge in [0.25, 0.3) is 0 Å². The van der Waals surface area contributed by atoms with Gasteiger partial charge in [0.05, 0.1) is 0 Å². The second-order valence-electron chi connectivity index (χ2n) is 5.04. The highest BCUT2D eigenvalue weighted by Gasteiger charge is 2.17. The molecule has 2 rings (SSSR count). The fourth-order valence-electron chi connectivity index (χ4n) is 2.36. The first-order valence-electron chi connectivity index (χ1n) is 6.72. The van der Waals surface area contributed by atoms with E-state index < -0.39 is 0 Å². The van der Waals surface area contributed by atoms with Crippen molar-refractivity contribution in [3.8, 4) is 0 Å². The van der Waals surface area contributed by atoms with Crippen LogP contribution < -0.4 is 10.6 Å². The quantitative estimate of drug-likeness (QED) is 0.809. The van der Waals surface area contributed by atoms with Crippen molar-refractivity contribution in [2.24, 2.45) is 0 Å². The van der Waals surface area contributed by atoms with Crippen LogP contribution in [0.3, 0.4) is 0 Å². The summed E-state index contributed by atoms with van der Waals surface area (Å²) >= 11 is 3.37. The highest BCUT2D eigenvalue weighted by molar-refractivity contribution is 9.10. The maximum Gasteiger partial charge on any atom is 0.127 e. The molecule has 0 amide bonds. The van der Waals surface area contributed by atoms with Crippen LogP contribution in [0.5, 0.6) is 0 Å². The van der Waals surface area contributed by atoms with Gasteiger partial charge in [-0.3, -0.25) is 0 Å². The Morgan fingerprint density at radius 2 is 2.37 bits per heavy atom. The van der Waals surface area contributed by atoms with E-state index >= 15 is 0 Å². The standard InChI is InChI=1S/C14H21BrFN3/c1-19-7-6-18-10-13(19)4-5-17-9-11-8-12(15)2-3-14(11)16/h2-3,8,13,17-18H,4-7,9-10H2,1H3. The lowest BCUT2D eigenvalue weighted by Gasteiger charge is -2.33. The van der Waals surface area contributed by atoms with Crippen LogP contribution in [0.15, 0.2) is 22.7 Å². The van der Waals surface area contributed by atoms with Gasteiger partial charge in [-0.05, 0) is 38.2 Å². The van der Waals surface area contributed by atoms with Gasteiger partial charge in [0.1, 0.15) is 5.82 Å². The smallest absolute Gasteiger partial charge is 0.127 e. The lowest BCUT2D eigenvalue weighted by atomic mass is 10.1. The minimum Gasteiger partial charge on any atom is -0.314 e. The second-order valence-corrected chi connectivity index (χ2v) is 5.96. The third kappa shape index (κ3) is 4.53. The lowest BCUT2D eigenvalue weighted by Crippen LogP contribution is -2.50. The van der Waals surface area contributed by atoms with Crippen molar-refractivity contribution in [2.75, 3.05) is 33.2 Å². The monoisotopic (exact) mass is 329 g/mol. The summed E-state index contributed by atoms with van der Waals surface area (Å²) < 4.78 is 14.5. The predicted octanol–water partition coefficient (Wildman–Crippen LogP) is 1.97. The maximum absolute atomic E-state index is 13.5. The molecule has 0 saturated carbocycles. The zero-order valence-electron chi connectivity index (χ0n) is 11.3. The summed E-state index contributed by atoms with van der Waals surface area (Å²) in [6, 6.07) is 5.63. The summed E-state index contributed by atoms with van der Waals surface area (Å²) in [6.07, 6.45) is 1.08. The average molecular weight is 330 g/mol. The summed E-state index contributed by atoms with van der Waals surface area (Å²) in [4.78, 5) is 2.39. The SMILES string of the molecule is CN1CCNCC1CCNCc1cc(Br)ccc1F. The summed E-state index contributed by atoms with van der Waals surface area (Å²) in [5, 5.41) is 6.73. The normalized spacial score (nSPS) is 20.7. The highest BCUT2D eigenvalue weighted by atomic mass is 79.9. The van der Waals surface area contributed by atoms with E-state index in [-0.39, 0.29) is 5.82 Å². The molecule has 1 aliphatic rings. The number of nitrogens with zero attached hydrogens (tertiary/aromatic N) is 1. The predicted molar refractivity (Wildman–Crippen MR) is 79.7 cm³/mol. The molecule has 106 valence electrons. The molecule has 5 heteroatoms. The number of halogens is 2. The number of hydrogen-bond donors (Lipinski definition) is 2. The third-order valence-electron chi connectivity index (χ3n) is 3.62. The Kier molecular flexibility index (Phi) is 5.76. The zero-order valence-corrected chi connectivity index (χ0v) is 12.8. The van der Waals surface area contributed by atoms with Crippen molar-refractivity contribution in [1.82, 2.24) is 15.5 Å². The van der Waals surface area contributed by atoms with Crippen molar-refractivity contribution >= 4 is 15.9 Å². The molecule has 1 unspecified atom stereocenters. The van der Waals surface area contributed by atoms with Crippen molar-refractivity contribution in [3.05, 3.63) is 34.1 Å². The van der Waals surface area contributed by atoms with Gasteiger partial charge < -0.3 is 15.5 Å². The topological polar surface area (TPSA) is 27.3 Å². The first kappa shape index (κ1) is 14.9. The Morgan fingerprint density at radius 3 is 3.16 bits per heavy atom. The van der Waals surface area contributed by atoms with Gasteiger partial charge in [0.2, 0.25) is 0 Å². The van der Waals surface area contributed by atoms with E-state index in [1.807, 2.05) is 6.07 Å². The molecular weight excluding hydrogens is 309 g/mol. The Balaban J connectivity index is 1.73. The summed E-state index contributed by atoms with van der Waals surface area (Å²) in [5.41, 5.74) is 0.712. The fraction of sp³-hybridized carbons (Fsp3) is 0.571. The van der Waals surface area contributed by atoms with Crippen LogP contribution in [-0.4, -0.2) is 44.2 Å². The van der Waals surface area contributed by atoms with E-state index in [1.54, 1.807) is 6.07 Å². The van der Waals surface area contributed by atoms with E-state index in [2.05, 4.69) is 38.5 Å². The molecule has 0 aliphatic carbocycles. The summed E-state index contributed by atoms with van der Waals surface area (Å²) in [6.45, 7) is 4.70. The molecule has 1 atom stereocenters. The van der Waals surface area contributed by atoms with Crippen molar-refractivity contribution in [1.29, 1.82) is 0 Å². The Labute approximate surface area is 122 Å². The molecule has 1 aromatic rings. The third-order valence-corrected chi connectivity index (χ3v) is 4.12. The molecule has 0 bridgehead atoms. The highest BCUT2D eigenvalue weighted by Crippen LogP contribution is 2.15. The van der Waals surface area contributed by atoms with Gasteiger partial charge >= 0.3 is 0 Å². The number of benzene rings is 1. The van der Waals surface area contributed by atoms with Crippen molar-refractivity contribution < 1.29 is 4.39 Å². The van der Waals surface area contributed by atoms with E-state index in [0.29, 0.717) is 18.2 Å². The van der Waals surface area contributed by atoms with Crippen LogP contribution >= 0.6 is 15.9 Å². The molecule has 0 spiro atoms. The molecule has 2 N–H and O–H groups in total. The molecule has 0 aromatic heterocycles. The number of piperazine rings is 1. The van der Waals surface area contributed by atoms with Crippen molar-refractivity contribution in [3.63, 3.8) is 0 Å². The number of likely N-dealkylation sites (N-methyl/N-ethyl adjacent to an activating group) is 1. The van der Waals surface area contributed by atoms with E-state index in [1.165, 1.54) is 6.07 Å². The molecular formula is C14H21BrFN3. The maximum atomic E-state index is 13.5. The number of hydrogen-bond acceptors (Lipinski definition) is 3. The van der Waals surface area contributed by atoms with Crippen LogP contribution in [-0.2, 0) is 6.54 Å². The molecule has 1 aliphatic heterocycles. The van der Waals surface area contributed by atoms with E-state index in [0.717, 1.165) is 37.1 Å². The van der Waals surface area contributed by atoms with Gasteiger partial charge in [-0.2, -0.15) is 0 Å². The molecule has 1 aromatic carbocycles. The lowest BCUT2D eigenvalue weighted by molar-refractivity contribution is 0.189. The van der Waals surface area contributed by atoms with Crippen LogP contribution in [0.25, 0.3) is 0 Å². The Hall–Kier alpha value is -0.490. The van der Waals surface area contributed by atoms with Gasteiger partial charge in [0.15, 0.2) is 0 Å². The molecule has 1 heterocycles. The van der Waals surface area contributed by atoms with Crippen LogP contribution in [0.4, 0.5) is 4.39 Å². The van der Waals surface area contributed by atoms with Crippen LogP contribution in [0.1, 0.15) is 12.0 Å². The van der Waals surface area contributed by atoms with Gasteiger partial charge in [-0.1, -0.05) is 15.9 Å². The molecule has 19 heavy (non-hydrogen) atoms. The first-order valence-corrected chi connectivity index (χ1v) is 7.51. The molecule has 0 radical (unpaired) electrons. The molecule has 1 saturated heterocycles. The van der Waals surface area contributed by atoms with Gasteiger partial charge in [0, 0.05) is 42.3 Å². The van der Waals surface area contributed by atoms with Crippen LogP contribution in [0.2, 0.25) is 0 Å². The second kappa shape index (κ2) is 7.33. The van der Waals surface area contributed by atoms with Gasteiger partial charge in [-0.15, -0.1) is 0 Å². The Bertz CT molecular complexity index is 414. The van der Waals surface area contributed by atoms with E-state index in [9.17, 15) is 4.39 Å². The average Bonchev–Trinajstić information content (AvgIpc) is 2.40. The largest absolute Gasteiger partial charge is 0.314 e. The van der Waals surface area contributed by atoms with Crippen molar-refractivity contribution in [2.45, 2.75) is 19.0 Å². The molecule has 1 fully saturated rings. The number of rotatable bonds is 5. The van der Waals surface area contributed by atoms with E-state index in [4.69, 9.17) is 0 Å². The van der Waals surface area contributed by atoms with Gasteiger partial charge in [-0.25, -0.2) is 4.39 Å². The number of nitrogens with one attached hydrogen (secondary N) is 2. The Morgan fingerprint density at radius 1 is 1.53 bits per heavy atom. The minimum absolute atomic E-state index is 0.146. The fourth-order valence-corrected chi connectivity index (χ4v) is 2.76. The summed E-state index contributed by atoms with van der Waals surface area (Å²) in [7, 11) is 2.17. The summed E-state index contributed by atoms with van der Waals surface area (Å²) in [5.74, 6) is -0.146.